The van der Waals surface area contributed by atoms with Crippen LogP contribution in [0.15, 0.2) is 40.6 Å². The highest BCUT2D eigenvalue weighted by Gasteiger charge is 2.21. The molecule has 1 fully saturated rings. The number of aromatic nitrogens is 2. The predicted octanol–water partition coefficient (Wildman–Crippen LogP) is 3.21. The lowest BCUT2D eigenvalue weighted by Crippen LogP contribution is -2.27. The zero-order chi connectivity index (χ0) is 17.8. The third-order valence-corrected chi connectivity index (χ3v) is 5.69. The quantitative estimate of drug-likeness (QED) is 0.834. The van der Waals surface area contributed by atoms with Crippen LogP contribution in [-0.4, -0.2) is 44.4 Å². The SMILES string of the molecule is Cn1ccnc1Sc1ccc(F)cc1NC(=O)CCN1CCSC1=O. The topological polar surface area (TPSA) is 67.2 Å². The van der Waals surface area contributed by atoms with Gasteiger partial charge in [0, 0.05) is 49.6 Å². The van der Waals surface area contributed by atoms with E-state index in [4.69, 9.17) is 0 Å². The Kier molecular flexibility index (Phi) is 5.64. The van der Waals surface area contributed by atoms with Crippen molar-refractivity contribution in [2.75, 3.05) is 24.2 Å². The first kappa shape index (κ1) is 17.8. The van der Waals surface area contributed by atoms with E-state index in [9.17, 15) is 14.0 Å². The van der Waals surface area contributed by atoms with Crippen molar-refractivity contribution in [2.45, 2.75) is 16.5 Å². The third kappa shape index (κ3) is 4.55. The average Bonchev–Trinajstić information content (AvgIpc) is 3.16. The van der Waals surface area contributed by atoms with Gasteiger partial charge in [-0.05, 0) is 30.0 Å². The second kappa shape index (κ2) is 7.92. The largest absolute Gasteiger partial charge is 0.332 e. The number of nitrogens with one attached hydrogen (secondary N) is 1. The van der Waals surface area contributed by atoms with Gasteiger partial charge in [0.2, 0.25) is 5.91 Å². The Morgan fingerprint density at radius 2 is 2.32 bits per heavy atom. The molecule has 0 saturated carbocycles. The van der Waals surface area contributed by atoms with Crippen LogP contribution in [0.5, 0.6) is 0 Å². The van der Waals surface area contributed by atoms with Crippen LogP contribution >= 0.6 is 23.5 Å². The Balaban J connectivity index is 1.66. The fourth-order valence-electron chi connectivity index (χ4n) is 2.32. The number of hydrogen-bond acceptors (Lipinski definition) is 5. The van der Waals surface area contributed by atoms with E-state index in [1.165, 1.54) is 35.7 Å². The molecule has 0 unspecified atom stereocenters. The monoisotopic (exact) mass is 380 g/mol. The van der Waals surface area contributed by atoms with E-state index < -0.39 is 5.82 Å². The van der Waals surface area contributed by atoms with Crippen molar-refractivity contribution >= 4 is 40.4 Å². The minimum atomic E-state index is -0.425. The van der Waals surface area contributed by atoms with Crippen molar-refractivity contribution in [3.8, 4) is 0 Å². The highest BCUT2D eigenvalue weighted by molar-refractivity contribution is 8.13. The molecule has 0 atom stereocenters. The Morgan fingerprint density at radius 1 is 1.48 bits per heavy atom. The Hall–Kier alpha value is -2.00. The van der Waals surface area contributed by atoms with E-state index in [0.29, 0.717) is 23.7 Å². The number of amides is 2. The van der Waals surface area contributed by atoms with Gasteiger partial charge in [0.05, 0.1) is 5.69 Å². The van der Waals surface area contributed by atoms with E-state index in [-0.39, 0.29) is 17.6 Å². The lowest BCUT2D eigenvalue weighted by atomic mass is 10.3. The molecule has 0 aliphatic carbocycles. The minimum absolute atomic E-state index is 0.00424. The summed E-state index contributed by atoms with van der Waals surface area (Å²) in [4.78, 5) is 30.3. The summed E-state index contributed by atoms with van der Waals surface area (Å²) in [6.07, 6.45) is 3.67. The van der Waals surface area contributed by atoms with Gasteiger partial charge in [0.1, 0.15) is 5.82 Å². The van der Waals surface area contributed by atoms with E-state index in [2.05, 4.69) is 10.3 Å². The van der Waals surface area contributed by atoms with Crippen molar-refractivity contribution < 1.29 is 14.0 Å². The van der Waals surface area contributed by atoms with Gasteiger partial charge in [-0.15, -0.1) is 0 Å². The van der Waals surface area contributed by atoms with Gasteiger partial charge in [0.25, 0.3) is 5.24 Å². The van der Waals surface area contributed by atoms with E-state index in [0.717, 1.165) is 10.9 Å². The maximum atomic E-state index is 13.6. The fraction of sp³-hybridized carbons (Fsp3) is 0.312. The molecule has 2 heterocycles. The summed E-state index contributed by atoms with van der Waals surface area (Å²) in [6, 6.07) is 4.26. The second-order valence-corrected chi connectivity index (χ2v) is 7.52. The molecule has 2 aromatic rings. The first-order valence-corrected chi connectivity index (χ1v) is 9.49. The molecule has 3 rings (SSSR count). The maximum absolute atomic E-state index is 13.6. The van der Waals surface area contributed by atoms with Crippen molar-refractivity contribution in [3.05, 3.63) is 36.4 Å². The summed E-state index contributed by atoms with van der Waals surface area (Å²) in [6.45, 7) is 1.03. The average molecular weight is 380 g/mol. The Bertz CT molecular complexity index is 796. The molecule has 1 saturated heterocycles. The van der Waals surface area contributed by atoms with E-state index in [1.54, 1.807) is 17.2 Å². The van der Waals surface area contributed by atoms with Gasteiger partial charge >= 0.3 is 0 Å². The molecule has 2 amide bonds. The zero-order valence-corrected chi connectivity index (χ0v) is 15.2. The molecule has 1 aromatic heterocycles. The zero-order valence-electron chi connectivity index (χ0n) is 13.6. The number of carbonyl (C=O) groups excluding carboxylic acids is 2. The minimum Gasteiger partial charge on any atom is -0.332 e. The molecule has 1 N–H and O–H groups in total. The van der Waals surface area contributed by atoms with Crippen molar-refractivity contribution in [3.63, 3.8) is 0 Å². The standard InChI is InChI=1S/C16H17FN4O2S2/c1-20-7-5-18-15(20)25-13-3-2-11(17)10-12(13)19-14(22)4-6-21-8-9-24-16(21)23/h2-3,5,7,10H,4,6,8-9H2,1H3,(H,19,22). The number of benzene rings is 1. The molecule has 0 radical (unpaired) electrons. The maximum Gasteiger partial charge on any atom is 0.281 e. The molecule has 1 aliphatic heterocycles. The van der Waals surface area contributed by atoms with Crippen molar-refractivity contribution in [1.29, 1.82) is 0 Å². The molecule has 132 valence electrons. The van der Waals surface area contributed by atoms with Crippen molar-refractivity contribution in [1.82, 2.24) is 14.5 Å². The number of imidazole rings is 1. The summed E-state index contributed by atoms with van der Waals surface area (Å²) < 4.78 is 15.4. The summed E-state index contributed by atoms with van der Waals surface area (Å²) in [5.41, 5.74) is 0.403. The molecule has 0 bridgehead atoms. The van der Waals surface area contributed by atoms with Crippen LogP contribution in [0.1, 0.15) is 6.42 Å². The summed E-state index contributed by atoms with van der Waals surface area (Å²) in [5.74, 6) is 0.0806. The van der Waals surface area contributed by atoms with Gasteiger partial charge in [-0.3, -0.25) is 9.59 Å². The van der Waals surface area contributed by atoms with Gasteiger partial charge in [-0.25, -0.2) is 9.37 Å². The summed E-state index contributed by atoms with van der Waals surface area (Å²) >= 11 is 2.61. The number of thioether (sulfide) groups is 1. The van der Waals surface area contributed by atoms with Crippen LogP contribution < -0.4 is 5.32 Å². The Morgan fingerprint density at radius 3 is 3.00 bits per heavy atom. The summed E-state index contributed by atoms with van der Waals surface area (Å²) in [7, 11) is 1.86. The van der Waals surface area contributed by atoms with E-state index >= 15 is 0 Å². The number of anilines is 1. The van der Waals surface area contributed by atoms with Gasteiger partial charge in [0.15, 0.2) is 5.16 Å². The molecule has 9 heteroatoms. The van der Waals surface area contributed by atoms with Crippen LogP contribution in [0.3, 0.4) is 0 Å². The lowest BCUT2D eigenvalue weighted by molar-refractivity contribution is -0.116. The molecule has 1 aromatic carbocycles. The number of carbonyl (C=O) groups is 2. The van der Waals surface area contributed by atoms with Crippen LogP contribution in [-0.2, 0) is 11.8 Å². The van der Waals surface area contributed by atoms with Crippen LogP contribution in [0.2, 0.25) is 0 Å². The number of hydrogen-bond donors (Lipinski definition) is 1. The van der Waals surface area contributed by atoms with Gasteiger partial charge in [-0.2, -0.15) is 0 Å². The molecule has 6 nitrogen and oxygen atoms in total. The molecular formula is C16H17FN4O2S2. The fourth-order valence-corrected chi connectivity index (χ4v) is 4.04. The van der Waals surface area contributed by atoms with Gasteiger partial charge < -0.3 is 14.8 Å². The lowest BCUT2D eigenvalue weighted by Gasteiger charge is -2.15. The van der Waals surface area contributed by atoms with Gasteiger partial charge in [-0.1, -0.05) is 11.8 Å². The molecule has 0 spiro atoms. The first-order valence-electron chi connectivity index (χ1n) is 7.69. The highest BCUT2D eigenvalue weighted by atomic mass is 32.2. The Labute approximate surface area is 153 Å². The van der Waals surface area contributed by atoms with Crippen LogP contribution in [0, 0.1) is 5.82 Å². The van der Waals surface area contributed by atoms with E-state index in [1.807, 2.05) is 17.8 Å². The molecule has 1 aliphatic rings. The predicted molar refractivity (Wildman–Crippen MR) is 96.4 cm³/mol. The number of nitrogens with zero attached hydrogens (tertiary/aromatic N) is 3. The van der Waals surface area contributed by atoms with Crippen molar-refractivity contribution in [2.24, 2.45) is 7.05 Å². The highest BCUT2D eigenvalue weighted by Crippen LogP contribution is 2.33. The summed E-state index contributed by atoms with van der Waals surface area (Å²) in [5, 5.41) is 3.48. The smallest absolute Gasteiger partial charge is 0.281 e. The van der Waals surface area contributed by atoms with Crippen LogP contribution in [0.25, 0.3) is 0 Å². The van der Waals surface area contributed by atoms with Crippen LogP contribution in [0.4, 0.5) is 14.9 Å². The number of aryl methyl sites for hydroxylation is 1. The third-order valence-electron chi connectivity index (χ3n) is 3.65. The molecular weight excluding hydrogens is 363 g/mol. The number of rotatable bonds is 6. The first-order chi connectivity index (χ1) is 12.0. The normalized spacial score (nSPS) is 14.2. The second-order valence-electron chi connectivity index (χ2n) is 5.46. The number of halogens is 1. The molecule has 25 heavy (non-hydrogen) atoms.